The third-order valence-corrected chi connectivity index (χ3v) is 7.53. The highest BCUT2D eigenvalue weighted by atomic mass is 35.5. The van der Waals surface area contributed by atoms with Gasteiger partial charge in [0.05, 0.1) is 28.1 Å². The van der Waals surface area contributed by atoms with E-state index in [4.69, 9.17) is 27.9 Å². The predicted octanol–water partition coefficient (Wildman–Crippen LogP) is 5.01. The normalized spacial score (nSPS) is 14.8. The molecule has 9 nitrogen and oxygen atoms in total. The average molecular weight is 564 g/mol. The van der Waals surface area contributed by atoms with Gasteiger partial charge in [0.25, 0.3) is 5.91 Å². The van der Waals surface area contributed by atoms with Crippen molar-refractivity contribution in [2.75, 3.05) is 26.0 Å². The van der Waals surface area contributed by atoms with Gasteiger partial charge in [-0.2, -0.15) is 0 Å². The van der Waals surface area contributed by atoms with Crippen LogP contribution < -0.4 is 10.6 Å². The number of carbonyl (C=O) groups excluding carboxylic acids is 3. The smallest absolute Gasteiger partial charge is 0.409 e. The topological polar surface area (TPSA) is 125 Å². The van der Waals surface area contributed by atoms with Crippen molar-refractivity contribution in [3.63, 3.8) is 0 Å². The lowest BCUT2D eigenvalue weighted by Crippen LogP contribution is -2.49. The van der Waals surface area contributed by atoms with Crippen LogP contribution in [0.2, 0.25) is 10.0 Å². The maximum absolute atomic E-state index is 13.3. The number of carbonyl (C=O) groups is 4. The van der Waals surface area contributed by atoms with E-state index in [1.807, 2.05) is 0 Å². The second kappa shape index (κ2) is 13.0. The standard InChI is InChI=1S/C27H31Cl2N3O6/c1-32(26(37)38-2)15-14-27(12-3-4-13-27)25(36)31-21(24(34)35)16-17-8-10-18(11-9-17)30-23(33)22-19(28)6-5-7-20(22)29/h5-11,21H,3-4,12-16H2,1-2H3,(H,30,33)(H,31,36)(H,34,35). The number of carboxylic acid groups (broad SMARTS) is 1. The Morgan fingerprint density at radius 3 is 2.21 bits per heavy atom. The quantitative estimate of drug-likeness (QED) is 0.373. The highest BCUT2D eigenvalue weighted by Gasteiger charge is 2.42. The SMILES string of the molecule is COC(=O)N(C)CCC1(C(=O)NC(Cc2ccc(NC(=O)c3c(Cl)cccc3Cl)cc2)C(=O)O)CCCC1. The van der Waals surface area contributed by atoms with E-state index in [-0.39, 0.29) is 27.9 Å². The number of halogens is 2. The second-order valence-electron chi connectivity index (χ2n) is 9.45. The van der Waals surface area contributed by atoms with Gasteiger partial charge in [0, 0.05) is 25.7 Å². The number of hydrogen-bond acceptors (Lipinski definition) is 5. The first-order valence-electron chi connectivity index (χ1n) is 12.2. The molecule has 2 aromatic carbocycles. The molecule has 0 saturated heterocycles. The molecule has 1 aliphatic rings. The fraction of sp³-hybridized carbons (Fsp3) is 0.407. The number of hydrogen-bond donors (Lipinski definition) is 3. The average Bonchev–Trinajstić information content (AvgIpc) is 3.37. The van der Waals surface area contributed by atoms with E-state index < -0.39 is 29.4 Å². The van der Waals surface area contributed by atoms with Crippen LogP contribution in [0.4, 0.5) is 10.5 Å². The third kappa shape index (κ3) is 7.17. The highest BCUT2D eigenvalue weighted by Crippen LogP contribution is 2.41. The Hall–Kier alpha value is -3.30. The summed E-state index contributed by atoms with van der Waals surface area (Å²) in [5, 5.41) is 15.7. The minimum atomic E-state index is -1.15. The fourth-order valence-electron chi connectivity index (χ4n) is 4.65. The van der Waals surface area contributed by atoms with Crippen molar-refractivity contribution in [3.8, 4) is 0 Å². The van der Waals surface area contributed by atoms with E-state index in [9.17, 15) is 24.3 Å². The lowest BCUT2D eigenvalue weighted by Gasteiger charge is -2.31. The maximum atomic E-state index is 13.3. The maximum Gasteiger partial charge on any atom is 0.409 e. The molecule has 0 aromatic heterocycles. The van der Waals surface area contributed by atoms with Crippen LogP contribution in [-0.2, 0) is 20.7 Å². The zero-order valence-electron chi connectivity index (χ0n) is 21.3. The fourth-order valence-corrected chi connectivity index (χ4v) is 5.22. The zero-order valence-corrected chi connectivity index (χ0v) is 22.8. The van der Waals surface area contributed by atoms with Crippen molar-refractivity contribution in [2.45, 2.75) is 44.6 Å². The summed E-state index contributed by atoms with van der Waals surface area (Å²) in [6.07, 6.45) is 2.97. The summed E-state index contributed by atoms with van der Waals surface area (Å²) in [7, 11) is 2.89. The Labute approximate surface area is 231 Å². The van der Waals surface area contributed by atoms with Crippen molar-refractivity contribution in [2.24, 2.45) is 5.41 Å². The van der Waals surface area contributed by atoms with Crippen molar-refractivity contribution in [1.82, 2.24) is 10.2 Å². The van der Waals surface area contributed by atoms with Crippen molar-refractivity contribution in [3.05, 3.63) is 63.6 Å². The molecule has 1 fully saturated rings. The summed E-state index contributed by atoms with van der Waals surface area (Å²) < 4.78 is 4.72. The second-order valence-corrected chi connectivity index (χ2v) is 10.3. The molecule has 3 rings (SSSR count). The molecular formula is C27H31Cl2N3O6. The zero-order chi connectivity index (χ0) is 27.9. The number of amides is 3. The molecule has 0 spiro atoms. The van der Waals surface area contributed by atoms with E-state index in [1.54, 1.807) is 49.5 Å². The summed E-state index contributed by atoms with van der Waals surface area (Å²) in [4.78, 5) is 51.1. The van der Waals surface area contributed by atoms with Crippen LogP contribution in [-0.4, -0.2) is 60.6 Å². The first-order valence-corrected chi connectivity index (χ1v) is 13.0. The van der Waals surface area contributed by atoms with E-state index >= 15 is 0 Å². The van der Waals surface area contributed by atoms with E-state index in [0.29, 0.717) is 37.1 Å². The van der Waals surface area contributed by atoms with Gasteiger partial charge in [-0.3, -0.25) is 9.59 Å². The molecule has 1 atom stereocenters. The third-order valence-electron chi connectivity index (χ3n) is 6.90. The molecule has 0 heterocycles. The molecule has 1 unspecified atom stereocenters. The van der Waals surface area contributed by atoms with Crippen molar-refractivity contribution >= 4 is 52.8 Å². The largest absolute Gasteiger partial charge is 0.480 e. The van der Waals surface area contributed by atoms with E-state index in [0.717, 1.165) is 12.8 Å². The molecule has 38 heavy (non-hydrogen) atoms. The van der Waals surface area contributed by atoms with Gasteiger partial charge in [-0.15, -0.1) is 0 Å². The Morgan fingerprint density at radius 1 is 1.05 bits per heavy atom. The van der Waals surface area contributed by atoms with Gasteiger partial charge in [-0.05, 0) is 49.1 Å². The van der Waals surface area contributed by atoms with Crippen LogP contribution in [0.3, 0.4) is 0 Å². The summed E-state index contributed by atoms with van der Waals surface area (Å²) >= 11 is 12.2. The summed E-state index contributed by atoms with van der Waals surface area (Å²) in [5.74, 6) is -1.94. The highest BCUT2D eigenvalue weighted by molar-refractivity contribution is 6.40. The van der Waals surface area contributed by atoms with Gasteiger partial charge in [-0.1, -0.05) is 54.2 Å². The molecular weight excluding hydrogens is 533 g/mol. The number of nitrogens with zero attached hydrogens (tertiary/aromatic N) is 1. The first kappa shape index (κ1) is 29.3. The molecule has 1 aliphatic carbocycles. The molecule has 3 N–H and O–H groups in total. The Morgan fingerprint density at radius 2 is 1.66 bits per heavy atom. The number of ether oxygens (including phenoxy) is 1. The van der Waals surface area contributed by atoms with Crippen LogP contribution in [0.25, 0.3) is 0 Å². The van der Waals surface area contributed by atoms with Crippen LogP contribution in [0.1, 0.15) is 48.0 Å². The van der Waals surface area contributed by atoms with Crippen molar-refractivity contribution in [1.29, 1.82) is 0 Å². The predicted molar refractivity (Wildman–Crippen MR) is 145 cm³/mol. The number of rotatable bonds is 10. The van der Waals surface area contributed by atoms with Gasteiger partial charge in [-0.25, -0.2) is 9.59 Å². The number of benzene rings is 2. The molecule has 204 valence electrons. The molecule has 0 bridgehead atoms. The molecule has 3 amide bonds. The van der Waals surface area contributed by atoms with Gasteiger partial charge in [0.1, 0.15) is 6.04 Å². The number of aliphatic carboxylic acids is 1. The van der Waals surface area contributed by atoms with Crippen molar-refractivity contribution < 1.29 is 29.0 Å². The molecule has 1 saturated carbocycles. The monoisotopic (exact) mass is 563 g/mol. The summed E-state index contributed by atoms with van der Waals surface area (Å²) in [5.41, 5.74) is 0.569. The van der Waals surface area contributed by atoms with Gasteiger partial charge in [0.2, 0.25) is 5.91 Å². The lowest BCUT2D eigenvalue weighted by molar-refractivity contribution is -0.144. The number of nitrogens with one attached hydrogen (secondary N) is 2. The van der Waals surface area contributed by atoms with Gasteiger partial charge < -0.3 is 25.4 Å². The number of methoxy groups -OCH3 is 1. The molecule has 11 heteroatoms. The summed E-state index contributed by atoms with van der Waals surface area (Å²) in [6, 6.07) is 10.3. The molecule has 0 aliphatic heterocycles. The Bertz CT molecular complexity index is 1160. The lowest BCUT2D eigenvalue weighted by atomic mass is 9.81. The van der Waals surface area contributed by atoms with Crippen LogP contribution in [0.15, 0.2) is 42.5 Å². The Kier molecular flexibility index (Phi) is 9.99. The number of anilines is 1. The van der Waals surface area contributed by atoms with Gasteiger partial charge >= 0.3 is 12.1 Å². The summed E-state index contributed by atoms with van der Waals surface area (Å²) in [6.45, 7) is 0.324. The first-order chi connectivity index (χ1) is 18.1. The minimum absolute atomic E-state index is 0.0593. The molecule has 2 aromatic rings. The van der Waals surface area contributed by atoms with Gasteiger partial charge in [0.15, 0.2) is 0 Å². The van der Waals surface area contributed by atoms with Crippen LogP contribution in [0, 0.1) is 5.41 Å². The van der Waals surface area contributed by atoms with Crippen LogP contribution in [0.5, 0.6) is 0 Å². The molecule has 0 radical (unpaired) electrons. The van der Waals surface area contributed by atoms with E-state index in [2.05, 4.69) is 10.6 Å². The minimum Gasteiger partial charge on any atom is -0.480 e. The number of carboxylic acids is 1. The van der Waals surface area contributed by atoms with Crippen LogP contribution >= 0.6 is 23.2 Å². The Balaban J connectivity index is 1.65. The van der Waals surface area contributed by atoms with E-state index in [1.165, 1.54) is 12.0 Å².